The second-order valence-electron chi connectivity index (χ2n) is 11.5. The molecular weight excluding hydrogens is 542 g/mol. The lowest BCUT2D eigenvalue weighted by Crippen LogP contribution is -2.56. The van der Waals surface area contributed by atoms with E-state index in [0.29, 0.717) is 11.8 Å². The first-order valence-corrected chi connectivity index (χ1v) is 14.3. The van der Waals surface area contributed by atoms with Crippen LogP contribution < -0.4 is 26.8 Å². The van der Waals surface area contributed by atoms with Gasteiger partial charge in [0.2, 0.25) is 17.6 Å². The van der Waals surface area contributed by atoms with Crippen LogP contribution in [0.2, 0.25) is 0 Å². The third kappa shape index (κ3) is 6.55. The average molecular weight is 586 g/mol. The molecular formula is C29H43N7O6. The molecule has 2 aromatic rings. The summed E-state index contributed by atoms with van der Waals surface area (Å²) in [6.45, 7) is -0.196. The summed E-state index contributed by atoms with van der Waals surface area (Å²) in [5.74, 6) is -0.788. The number of hydrogen-bond donors (Lipinski definition) is 4. The van der Waals surface area contributed by atoms with E-state index in [1.165, 1.54) is 55.0 Å². The van der Waals surface area contributed by atoms with Crippen LogP contribution in [0.15, 0.2) is 41.7 Å². The van der Waals surface area contributed by atoms with Crippen LogP contribution in [0, 0.1) is 23.7 Å². The zero-order valence-electron chi connectivity index (χ0n) is 23.4. The zero-order chi connectivity index (χ0) is 29.8. The molecule has 4 bridgehead atoms. The number of anilines is 1. The van der Waals surface area contributed by atoms with Gasteiger partial charge in [0.1, 0.15) is 24.0 Å². The van der Waals surface area contributed by atoms with E-state index in [1.807, 2.05) is 0 Å². The number of nitrogens with one attached hydrogen (secondary N) is 4. The predicted octanol–water partition coefficient (Wildman–Crippen LogP) is 1.40. The number of hydrogen-bond acceptors (Lipinski definition) is 8. The fourth-order valence-corrected chi connectivity index (χ4v) is 6.97. The summed E-state index contributed by atoms with van der Waals surface area (Å²) in [6.07, 6.45) is 10.8. The molecule has 0 unspecified atom stereocenters. The quantitative estimate of drug-likeness (QED) is 0.285. The highest BCUT2D eigenvalue weighted by molar-refractivity contribution is 6.36. The molecule has 13 nitrogen and oxygen atoms in total. The van der Waals surface area contributed by atoms with Gasteiger partial charge in [-0.1, -0.05) is 0 Å². The summed E-state index contributed by atoms with van der Waals surface area (Å²) >= 11 is 0. The standard InChI is InChI=1S/C29H35N7O6.4H2/c1-30-28(41)23(37)5-4-20(33-27(40)22-14-31-6-7-32-22)26(39)34-21-3-2-8-36(29(21)42)15-24(38)35-25-18-10-16-9-17(12-18)13-19(25)11-16;;;;/h2-3,6-8,14,16-20,25H,4-5,9-13,15H2,1H3,(H,30,41)(H,33,40)(H,34,39)(H,35,38);4*1H/t16?,17?,18?,19?,20-,25?;;;;/m0..../s1. The van der Waals surface area contributed by atoms with Crippen molar-refractivity contribution >= 4 is 35.1 Å². The Morgan fingerprint density at radius 1 is 1.05 bits per heavy atom. The minimum atomic E-state index is -1.28. The fourth-order valence-electron chi connectivity index (χ4n) is 6.97. The minimum absolute atomic E-state index is 0. The first-order chi connectivity index (χ1) is 20.2. The number of rotatable bonds is 11. The molecule has 4 N–H and O–H groups in total. The summed E-state index contributed by atoms with van der Waals surface area (Å²) in [6, 6.07) is 1.79. The summed E-state index contributed by atoms with van der Waals surface area (Å²) in [4.78, 5) is 83.5. The van der Waals surface area contributed by atoms with E-state index in [0.717, 1.165) is 37.5 Å². The second-order valence-corrected chi connectivity index (χ2v) is 11.5. The molecule has 4 aliphatic carbocycles. The SMILES string of the molecule is CNC(=O)C(=O)CC[C@H](NC(=O)c1cnccn1)C(=O)Nc1cccn(CC(=O)NC2C3CC4CC(C3)CC2C4)c1=O.[HH].[HH].[HH].[HH]. The molecule has 0 aromatic carbocycles. The lowest BCUT2D eigenvalue weighted by atomic mass is 9.54. The number of Topliss-reactive ketones (excluding diaryl/α,β-unsaturated/α-hetero) is 1. The average Bonchev–Trinajstić information content (AvgIpc) is 2.98. The first kappa shape index (κ1) is 29.1. The van der Waals surface area contributed by atoms with Gasteiger partial charge in [0.05, 0.1) is 6.20 Å². The molecule has 6 rings (SSSR count). The van der Waals surface area contributed by atoms with Gasteiger partial charge in [0, 0.05) is 43.8 Å². The van der Waals surface area contributed by atoms with E-state index in [1.54, 1.807) is 0 Å². The lowest BCUT2D eigenvalue weighted by Gasteiger charge is -2.54. The normalized spacial score (nSPS) is 24.4. The third-order valence-electron chi connectivity index (χ3n) is 8.70. The number of ketones is 1. The number of amides is 4. The molecule has 42 heavy (non-hydrogen) atoms. The summed E-state index contributed by atoms with van der Waals surface area (Å²) in [5, 5.41) is 10.4. The zero-order valence-corrected chi connectivity index (χ0v) is 23.4. The molecule has 0 saturated heterocycles. The van der Waals surface area contributed by atoms with Crippen LogP contribution in [0.25, 0.3) is 0 Å². The van der Waals surface area contributed by atoms with Gasteiger partial charge in [0.15, 0.2) is 0 Å². The Bertz CT molecular complexity index is 1420. The summed E-state index contributed by atoms with van der Waals surface area (Å²) in [5.41, 5.74) is -0.743. The van der Waals surface area contributed by atoms with Crippen molar-refractivity contribution in [1.29, 1.82) is 0 Å². The van der Waals surface area contributed by atoms with Crippen LogP contribution in [-0.2, 0) is 25.7 Å². The summed E-state index contributed by atoms with van der Waals surface area (Å²) < 4.78 is 1.23. The van der Waals surface area contributed by atoms with Crippen LogP contribution in [-0.4, -0.2) is 63.1 Å². The lowest BCUT2D eigenvalue weighted by molar-refractivity contribution is -0.137. The van der Waals surface area contributed by atoms with Gasteiger partial charge >= 0.3 is 0 Å². The van der Waals surface area contributed by atoms with Gasteiger partial charge < -0.3 is 25.8 Å². The van der Waals surface area contributed by atoms with E-state index >= 15 is 0 Å². The predicted molar refractivity (Wildman–Crippen MR) is 158 cm³/mol. The second kappa shape index (κ2) is 12.6. The van der Waals surface area contributed by atoms with E-state index < -0.39 is 35.1 Å². The molecule has 4 fully saturated rings. The van der Waals surface area contributed by atoms with Crippen molar-refractivity contribution in [3.8, 4) is 0 Å². The third-order valence-corrected chi connectivity index (χ3v) is 8.70. The number of carbonyl (C=O) groups is 5. The number of carbonyl (C=O) groups excluding carboxylic acids is 5. The molecule has 0 spiro atoms. The maximum absolute atomic E-state index is 13.2. The Balaban J connectivity index is 0.00000264. The molecule has 230 valence electrons. The highest BCUT2D eigenvalue weighted by Gasteiger charge is 2.48. The van der Waals surface area contributed by atoms with Crippen LogP contribution >= 0.6 is 0 Å². The number of likely N-dealkylation sites (N-methyl/N-ethyl adjacent to an activating group) is 1. The summed E-state index contributed by atoms with van der Waals surface area (Å²) in [7, 11) is 1.31. The minimum Gasteiger partial charge on any atom is -0.353 e. The highest BCUT2D eigenvalue weighted by Crippen LogP contribution is 2.53. The maximum Gasteiger partial charge on any atom is 0.287 e. The topological polar surface area (TPSA) is 181 Å². The van der Waals surface area contributed by atoms with E-state index in [-0.39, 0.29) is 48.4 Å². The number of aromatic nitrogens is 3. The Labute approximate surface area is 248 Å². The van der Waals surface area contributed by atoms with E-state index in [4.69, 9.17) is 0 Å². The smallest absolute Gasteiger partial charge is 0.287 e. The fraction of sp³-hybridized carbons (Fsp3) is 0.517. The van der Waals surface area contributed by atoms with Crippen molar-refractivity contribution in [1.82, 2.24) is 30.5 Å². The van der Waals surface area contributed by atoms with Crippen LogP contribution in [0.3, 0.4) is 0 Å². The van der Waals surface area contributed by atoms with Crippen molar-refractivity contribution < 1.29 is 29.7 Å². The Morgan fingerprint density at radius 3 is 2.40 bits per heavy atom. The largest absolute Gasteiger partial charge is 0.353 e. The van der Waals surface area contributed by atoms with E-state index in [2.05, 4.69) is 31.2 Å². The Morgan fingerprint density at radius 2 is 1.76 bits per heavy atom. The van der Waals surface area contributed by atoms with Crippen molar-refractivity contribution in [2.24, 2.45) is 23.7 Å². The molecule has 1 atom stereocenters. The monoisotopic (exact) mass is 585 g/mol. The van der Waals surface area contributed by atoms with Crippen LogP contribution in [0.1, 0.15) is 61.1 Å². The van der Waals surface area contributed by atoms with Crippen molar-refractivity contribution in [3.05, 3.63) is 53.0 Å². The molecule has 4 saturated carbocycles. The first-order valence-electron chi connectivity index (χ1n) is 14.3. The Hall–Kier alpha value is -4.42. The Kier molecular flexibility index (Phi) is 8.74. The van der Waals surface area contributed by atoms with Crippen LogP contribution in [0.4, 0.5) is 5.69 Å². The molecule has 2 heterocycles. The number of pyridine rings is 1. The van der Waals surface area contributed by atoms with Crippen molar-refractivity contribution in [2.75, 3.05) is 12.4 Å². The molecule has 13 heteroatoms. The van der Waals surface area contributed by atoms with Gasteiger partial charge in [-0.15, -0.1) is 0 Å². The van der Waals surface area contributed by atoms with Gasteiger partial charge in [0.25, 0.3) is 17.4 Å². The van der Waals surface area contributed by atoms with E-state index in [9.17, 15) is 28.8 Å². The van der Waals surface area contributed by atoms with Gasteiger partial charge in [-0.05, 0) is 74.3 Å². The molecule has 0 aliphatic heterocycles. The maximum atomic E-state index is 13.2. The number of nitrogens with zero attached hydrogens (tertiary/aromatic N) is 3. The molecule has 4 amide bonds. The highest BCUT2D eigenvalue weighted by atomic mass is 16.2. The van der Waals surface area contributed by atoms with Gasteiger partial charge in [-0.25, -0.2) is 4.98 Å². The molecule has 0 radical (unpaired) electrons. The molecule has 4 aliphatic rings. The molecule has 2 aromatic heterocycles. The van der Waals surface area contributed by atoms with Crippen LogP contribution in [0.5, 0.6) is 0 Å². The van der Waals surface area contributed by atoms with Gasteiger partial charge in [-0.2, -0.15) is 0 Å². The van der Waals surface area contributed by atoms with Crippen molar-refractivity contribution in [2.45, 2.75) is 63.6 Å². The van der Waals surface area contributed by atoms with Crippen molar-refractivity contribution in [3.63, 3.8) is 0 Å². The van der Waals surface area contributed by atoms with Gasteiger partial charge in [-0.3, -0.25) is 33.8 Å².